The first kappa shape index (κ1) is 23.4. The predicted molar refractivity (Wildman–Crippen MR) is 123 cm³/mol. The Morgan fingerprint density at radius 3 is 2.73 bits per heavy atom. The minimum Gasteiger partial charge on any atom is -0.385 e. The number of amides is 2. The van der Waals surface area contributed by atoms with E-state index in [9.17, 15) is 9.90 Å². The molecule has 30 heavy (non-hydrogen) atoms. The van der Waals surface area contributed by atoms with Crippen LogP contribution in [0.5, 0.6) is 0 Å². The molecule has 2 amide bonds. The number of aliphatic hydroxyl groups is 1. The standard InChI is InChI=1S/C24H38ClN3O2/c1-24(30,19-10-6-12-21(25)15-19)20-11-7-13-28(17-20)23(29)27-22(16-26-2)14-18-8-4-3-5-9-18/h6,10,12,15,18,20,22,26,30H,3-5,7-9,11,13-14,16-17H2,1-2H3,(H,27,29). The van der Waals surface area contributed by atoms with Gasteiger partial charge in [0.1, 0.15) is 0 Å². The zero-order chi connectivity index (χ0) is 21.6. The number of likely N-dealkylation sites (tertiary alicyclic amines) is 1. The van der Waals surface area contributed by atoms with Gasteiger partial charge >= 0.3 is 6.03 Å². The van der Waals surface area contributed by atoms with Crippen LogP contribution >= 0.6 is 11.6 Å². The van der Waals surface area contributed by atoms with Crippen LogP contribution in [0, 0.1) is 11.8 Å². The van der Waals surface area contributed by atoms with Crippen molar-refractivity contribution in [1.82, 2.24) is 15.5 Å². The summed E-state index contributed by atoms with van der Waals surface area (Å²) < 4.78 is 0. The van der Waals surface area contributed by atoms with Gasteiger partial charge in [0.15, 0.2) is 0 Å². The van der Waals surface area contributed by atoms with Gasteiger partial charge in [-0.15, -0.1) is 0 Å². The summed E-state index contributed by atoms with van der Waals surface area (Å²) in [6.07, 6.45) is 9.38. The van der Waals surface area contributed by atoms with Crippen LogP contribution in [0.15, 0.2) is 24.3 Å². The van der Waals surface area contributed by atoms with Crippen molar-refractivity contribution < 1.29 is 9.90 Å². The van der Waals surface area contributed by atoms with Crippen molar-refractivity contribution in [2.45, 2.75) is 69.9 Å². The van der Waals surface area contributed by atoms with Crippen LogP contribution in [0.3, 0.4) is 0 Å². The van der Waals surface area contributed by atoms with E-state index in [0.29, 0.717) is 11.6 Å². The van der Waals surface area contributed by atoms with Crippen LogP contribution < -0.4 is 10.6 Å². The number of carbonyl (C=O) groups is 1. The summed E-state index contributed by atoms with van der Waals surface area (Å²) in [5.74, 6) is 0.701. The third-order valence-electron chi connectivity index (χ3n) is 7.03. The molecule has 6 heteroatoms. The molecule has 2 fully saturated rings. The topological polar surface area (TPSA) is 64.6 Å². The van der Waals surface area contributed by atoms with Crippen LogP contribution in [0.4, 0.5) is 4.79 Å². The molecule has 1 aromatic carbocycles. The minimum atomic E-state index is -1.02. The number of nitrogens with zero attached hydrogens (tertiary/aromatic N) is 1. The lowest BCUT2D eigenvalue weighted by molar-refractivity contribution is -0.0314. The highest BCUT2D eigenvalue weighted by Gasteiger charge is 2.38. The van der Waals surface area contributed by atoms with E-state index in [-0.39, 0.29) is 18.0 Å². The number of benzene rings is 1. The van der Waals surface area contributed by atoms with E-state index in [1.54, 1.807) is 0 Å². The summed E-state index contributed by atoms with van der Waals surface area (Å²) in [5, 5.41) is 18.4. The predicted octanol–water partition coefficient (Wildman–Crippen LogP) is 4.53. The lowest BCUT2D eigenvalue weighted by Crippen LogP contribution is -2.53. The zero-order valence-corrected chi connectivity index (χ0v) is 19.3. The van der Waals surface area contributed by atoms with E-state index < -0.39 is 5.60 Å². The molecule has 1 saturated heterocycles. The Balaban J connectivity index is 1.61. The monoisotopic (exact) mass is 435 g/mol. The summed E-state index contributed by atoms with van der Waals surface area (Å²) >= 11 is 6.14. The minimum absolute atomic E-state index is 0.00217. The van der Waals surface area contributed by atoms with E-state index in [4.69, 9.17) is 11.6 Å². The van der Waals surface area contributed by atoms with Crippen molar-refractivity contribution in [3.63, 3.8) is 0 Å². The Hall–Kier alpha value is -1.30. The number of nitrogens with one attached hydrogen (secondary N) is 2. The lowest BCUT2D eigenvalue weighted by Gasteiger charge is -2.41. The van der Waals surface area contributed by atoms with Gasteiger partial charge in [-0.1, -0.05) is 55.8 Å². The molecule has 1 aliphatic heterocycles. The number of hydrogen-bond acceptors (Lipinski definition) is 3. The van der Waals surface area contributed by atoms with Gasteiger partial charge in [-0.2, -0.15) is 0 Å². The molecule has 0 aromatic heterocycles. The second-order valence-corrected chi connectivity index (χ2v) is 9.82. The van der Waals surface area contributed by atoms with Crippen LogP contribution in [0.2, 0.25) is 5.02 Å². The van der Waals surface area contributed by atoms with Crippen molar-refractivity contribution in [3.8, 4) is 0 Å². The molecule has 1 saturated carbocycles. The Kier molecular flexibility index (Phi) is 8.44. The number of rotatable bonds is 7. The fourth-order valence-corrected chi connectivity index (χ4v) is 5.38. The Morgan fingerprint density at radius 1 is 1.27 bits per heavy atom. The molecule has 168 valence electrons. The van der Waals surface area contributed by atoms with Crippen LogP contribution in [0.25, 0.3) is 0 Å². The number of likely N-dealkylation sites (N-methyl/N-ethyl adjacent to an activating group) is 1. The van der Waals surface area contributed by atoms with E-state index in [2.05, 4.69) is 10.6 Å². The number of carbonyl (C=O) groups excluding carboxylic acids is 1. The molecule has 1 heterocycles. The van der Waals surface area contributed by atoms with Crippen LogP contribution in [0.1, 0.15) is 63.9 Å². The van der Waals surface area contributed by atoms with Crippen molar-refractivity contribution in [3.05, 3.63) is 34.9 Å². The number of halogens is 1. The van der Waals surface area contributed by atoms with Gasteiger partial charge in [0.25, 0.3) is 0 Å². The molecule has 2 aliphatic rings. The van der Waals surface area contributed by atoms with Crippen LogP contribution in [-0.4, -0.2) is 48.8 Å². The molecule has 0 radical (unpaired) electrons. The van der Waals surface area contributed by atoms with E-state index in [1.807, 2.05) is 43.1 Å². The normalized spacial score (nSPS) is 23.6. The molecule has 5 nitrogen and oxygen atoms in total. The van der Waals surface area contributed by atoms with Crippen LogP contribution in [-0.2, 0) is 5.60 Å². The molecular weight excluding hydrogens is 398 g/mol. The fourth-order valence-electron chi connectivity index (χ4n) is 5.19. The Morgan fingerprint density at radius 2 is 2.03 bits per heavy atom. The SMILES string of the molecule is CNCC(CC1CCCCC1)NC(=O)N1CCCC(C(C)(O)c2cccc(Cl)c2)C1. The highest BCUT2D eigenvalue weighted by atomic mass is 35.5. The van der Waals surface area contributed by atoms with Crippen molar-refractivity contribution in [2.24, 2.45) is 11.8 Å². The first-order valence-corrected chi connectivity index (χ1v) is 12.0. The maximum absolute atomic E-state index is 13.1. The van der Waals surface area contributed by atoms with Gasteiger partial charge in [0.2, 0.25) is 0 Å². The maximum atomic E-state index is 13.1. The van der Waals surface area contributed by atoms with Crippen molar-refractivity contribution in [2.75, 3.05) is 26.7 Å². The number of hydrogen-bond donors (Lipinski definition) is 3. The lowest BCUT2D eigenvalue weighted by atomic mass is 9.78. The first-order chi connectivity index (χ1) is 14.4. The van der Waals surface area contributed by atoms with E-state index in [0.717, 1.165) is 43.8 Å². The van der Waals surface area contributed by atoms with Gasteiger partial charge in [0.05, 0.1) is 5.60 Å². The molecule has 3 atom stereocenters. The maximum Gasteiger partial charge on any atom is 0.317 e. The van der Waals surface area contributed by atoms with Gasteiger partial charge < -0.3 is 20.6 Å². The summed E-state index contributed by atoms with van der Waals surface area (Å²) in [6.45, 7) is 3.93. The van der Waals surface area contributed by atoms with Gasteiger partial charge in [-0.25, -0.2) is 4.79 Å². The summed E-state index contributed by atoms with van der Waals surface area (Å²) in [4.78, 5) is 15.0. The molecule has 3 unspecified atom stereocenters. The molecule has 1 aliphatic carbocycles. The highest BCUT2D eigenvalue weighted by molar-refractivity contribution is 6.30. The summed E-state index contributed by atoms with van der Waals surface area (Å²) in [6, 6.07) is 7.58. The smallest absolute Gasteiger partial charge is 0.317 e. The molecular formula is C24H38ClN3O2. The highest BCUT2D eigenvalue weighted by Crippen LogP contribution is 2.36. The second-order valence-electron chi connectivity index (χ2n) is 9.39. The van der Waals surface area contributed by atoms with Crippen molar-refractivity contribution >= 4 is 17.6 Å². The van der Waals surface area contributed by atoms with Gasteiger partial charge in [0, 0.05) is 36.6 Å². The van der Waals surface area contributed by atoms with E-state index >= 15 is 0 Å². The Bertz CT molecular complexity index is 691. The number of urea groups is 1. The zero-order valence-electron chi connectivity index (χ0n) is 18.5. The number of piperidine rings is 1. The second kappa shape index (κ2) is 10.8. The third-order valence-corrected chi connectivity index (χ3v) is 7.27. The fraction of sp³-hybridized carbons (Fsp3) is 0.708. The average Bonchev–Trinajstić information content (AvgIpc) is 2.74. The molecule has 0 bridgehead atoms. The molecule has 3 N–H and O–H groups in total. The first-order valence-electron chi connectivity index (χ1n) is 11.6. The van der Waals surface area contributed by atoms with E-state index in [1.165, 1.54) is 32.1 Å². The molecule has 0 spiro atoms. The summed E-state index contributed by atoms with van der Waals surface area (Å²) in [7, 11) is 1.94. The molecule has 1 aromatic rings. The quantitative estimate of drug-likeness (QED) is 0.589. The molecule has 3 rings (SSSR count). The Labute approximate surface area is 186 Å². The largest absolute Gasteiger partial charge is 0.385 e. The van der Waals surface area contributed by atoms with Gasteiger partial charge in [-0.05, 0) is 56.8 Å². The van der Waals surface area contributed by atoms with Crippen molar-refractivity contribution in [1.29, 1.82) is 0 Å². The summed E-state index contributed by atoms with van der Waals surface area (Å²) in [5.41, 5.74) is -0.205. The van der Waals surface area contributed by atoms with Gasteiger partial charge in [-0.3, -0.25) is 0 Å². The average molecular weight is 436 g/mol. The third kappa shape index (κ3) is 6.12.